The Kier molecular flexibility index (Phi) is 4.01. The number of aromatic hydroxyl groups is 2. The zero-order valence-corrected chi connectivity index (χ0v) is 7.60. The molecule has 5 heteroatoms. The molecule has 0 aliphatic carbocycles. The van der Waals surface area contributed by atoms with E-state index in [-0.39, 0.29) is 29.5 Å². The van der Waals surface area contributed by atoms with Crippen LogP contribution in [0.5, 0.6) is 11.5 Å². The van der Waals surface area contributed by atoms with Gasteiger partial charge in [-0.1, -0.05) is 0 Å². The molecule has 0 aliphatic heterocycles. The summed E-state index contributed by atoms with van der Waals surface area (Å²) in [7, 11) is 3.54. The van der Waals surface area contributed by atoms with Crippen LogP contribution in [-0.2, 0) is 0 Å². The van der Waals surface area contributed by atoms with Gasteiger partial charge in [0.15, 0.2) is 17.0 Å². The molecule has 1 aromatic carbocycles. The maximum atomic E-state index is 10.6. The second kappa shape index (κ2) is 4.29. The normalized spacial score (nSPS) is 8.75. The van der Waals surface area contributed by atoms with Crippen LogP contribution in [-0.4, -0.2) is 15.7 Å². The Morgan fingerprint density at radius 2 is 1.83 bits per heavy atom. The fraction of sp³-hybridized carbons (Fsp3) is 0. The summed E-state index contributed by atoms with van der Waals surface area (Å²) in [5, 5.41) is 17.8. The molecule has 64 valence electrons. The number of benzene rings is 1. The molecular formula is C7H6ClO3P. The third kappa shape index (κ3) is 2.36. The van der Waals surface area contributed by atoms with Gasteiger partial charge in [0.05, 0.1) is 0 Å². The molecule has 0 unspecified atom stereocenters. The second-order valence-electron chi connectivity index (χ2n) is 2.01. The average Bonchev–Trinajstić information content (AvgIpc) is 1.94. The molecule has 0 fully saturated rings. The molecular weight excluding hydrogens is 199 g/mol. The summed E-state index contributed by atoms with van der Waals surface area (Å²) in [6.07, 6.45) is 0. The molecule has 12 heavy (non-hydrogen) atoms. The van der Waals surface area contributed by atoms with Gasteiger partial charge < -0.3 is 10.2 Å². The van der Waals surface area contributed by atoms with Crippen molar-refractivity contribution >= 4 is 27.2 Å². The van der Waals surface area contributed by atoms with Crippen LogP contribution in [0, 0.1) is 0 Å². The lowest BCUT2D eigenvalue weighted by Gasteiger charge is -1.97. The number of halogens is 1. The van der Waals surface area contributed by atoms with E-state index in [0.717, 1.165) is 6.07 Å². The number of carbonyl (C=O) groups excluding carboxylic acids is 1. The van der Waals surface area contributed by atoms with Gasteiger partial charge in [-0.15, -0.1) is 12.4 Å². The summed E-state index contributed by atoms with van der Waals surface area (Å²) in [4.78, 5) is 10.6. The van der Waals surface area contributed by atoms with Crippen molar-refractivity contribution in [2.24, 2.45) is 0 Å². The first-order valence-corrected chi connectivity index (χ1v) is 3.31. The zero-order valence-electron chi connectivity index (χ0n) is 5.89. The van der Waals surface area contributed by atoms with Crippen LogP contribution in [0.15, 0.2) is 18.2 Å². The van der Waals surface area contributed by atoms with E-state index in [4.69, 9.17) is 10.2 Å². The van der Waals surface area contributed by atoms with Crippen LogP contribution in [0.4, 0.5) is 0 Å². The summed E-state index contributed by atoms with van der Waals surface area (Å²) >= 11 is 0. The van der Waals surface area contributed by atoms with Crippen LogP contribution in [0.25, 0.3) is 0 Å². The van der Waals surface area contributed by atoms with Gasteiger partial charge >= 0.3 is 0 Å². The molecule has 2 radical (unpaired) electrons. The van der Waals surface area contributed by atoms with Crippen LogP contribution in [0.2, 0.25) is 0 Å². The SMILES string of the molecule is Cl.O=C([P])c1ccc(O)c(O)c1. The summed E-state index contributed by atoms with van der Waals surface area (Å²) in [5.74, 6) is -0.562. The minimum atomic E-state index is -0.444. The van der Waals surface area contributed by atoms with Gasteiger partial charge in [-0.25, -0.2) is 0 Å². The Balaban J connectivity index is 0.00000121. The first-order valence-electron chi connectivity index (χ1n) is 2.86. The highest BCUT2D eigenvalue weighted by Crippen LogP contribution is 2.25. The summed E-state index contributed by atoms with van der Waals surface area (Å²) in [5.41, 5.74) is -0.191. The fourth-order valence-electron chi connectivity index (χ4n) is 0.656. The molecule has 0 heterocycles. The predicted octanol–water partition coefficient (Wildman–Crippen LogP) is 2.07. The van der Waals surface area contributed by atoms with Crippen LogP contribution < -0.4 is 0 Å². The van der Waals surface area contributed by atoms with E-state index in [9.17, 15) is 4.79 Å². The number of rotatable bonds is 1. The van der Waals surface area contributed by atoms with Crippen LogP contribution in [0.3, 0.4) is 0 Å². The van der Waals surface area contributed by atoms with E-state index in [1.165, 1.54) is 12.1 Å². The van der Waals surface area contributed by atoms with Crippen molar-refractivity contribution in [3.05, 3.63) is 23.8 Å². The molecule has 0 atom stereocenters. The van der Waals surface area contributed by atoms with E-state index in [1.807, 2.05) is 0 Å². The second-order valence-corrected chi connectivity index (χ2v) is 2.41. The van der Waals surface area contributed by atoms with Crippen molar-refractivity contribution in [1.29, 1.82) is 0 Å². The number of phenols is 2. The summed E-state index contributed by atoms with van der Waals surface area (Å²) < 4.78 is 0. The Morgan fingerprint density at radius 1 is 1.25 bits per heavy atom. The molecule has 0 saturated heterocycles. The summed E-state index contributed by atoms with van der Waals surface area (Å²) in [6.45, 7) is 0. The van der Waals surface area contributed by atoms with E-state index in [2.05, 4.69) is 9.24 Å². The quantitative estimate of drug-likeness (QED) is 0.544. The third-order valence-corrected chi connectivity index (χ3v) is 1.48. The van der Waals surface area contributed by atoms with Crippen molar-refractivity contribution in [2.75, 3.05) is 0 Å². The monoisotopic (exact) mass is 204 g/mol. The van der Waals surface area contributed by atoms with Crippen molar-refractivity contribution in [3.63, 3.8) is 0 Å². The van der Waals surface area contributed by atoms with Crippen LogP contribution in [0.1, 0.15) is 10.4 Å². The molecule has 0 aliphatic rings. The minimum absolute atomic E-state index is 0. The molecule has 0 saturated carbocycles. The van der Waals surface area contributed by atoms with Gasteiger partial charge in [0.25, 0.3) is 0 Å². The Bertz CT molecular complexity index is 301. The number of phenolic OH excluding ortho intramolecular Hbond substituents is 2. The molecule has 0 amide bonds. The lowest BCUT2D eigenvalue weighted by atomic mass is 10.2. The lowest BCUT2D eigenvalue weighted by molar-refractivity contribution is 0.108. The lowest BCUT2D eigenvalue weighted by Crippen LogP contribution is -1.85. The highest BCUT2D eigenvalue weighted by molar-refractivity contribution is 7.41. The summed E-state index contributed by atoms with van der Waals surface area (Å²) in [6, 6.07) is 3.77. The van der Waals surface area contributed by atoms with Gasteiger partial charge in [0, 0.05) is 14.8 Å². The van der Waals surface area contributed by atoms with Gasteiger partial charge in [-0.05, 0) is 18.2 Å². The molecule has 1 aromatic rings. The van der Waals surface area contributed by atoms with Gasteiger partial charge in [-0.2, -0.15) is 0 Å². The number of hydrogen-bond donors (Lipinski definition) is 2. The van der Waals surface area contributed by atoms with Crippen molar-refractivity contribution < 1.29 is 15.0 Å². The molecule has 0 bridgehead atoms. The first kappa shape index (κ1) is 11.2. The Morgan fingerprint density at radius 3 is 2.25 bits per heavy atom. The van der Waals surface area contributed by atoms with Crippen molar-refractivity contribution in [3.8, 4) is 11.5 Å². The first-order chi connectivity index (χ1) is 5.11. The van der Waals surface area contributed by atoms with E-state index in [1.54, 1.807) is 0 Å². The van der Waals surface area contributed by atoms with Gasteiger partial charge in [-0.3, -0.25) is 4.79 Å². The predicted molar refractivity (Wildman–Crippen MR) is 48.3 cm³/mol. The molecule has 1 rings (SSSR count). The molecule has 0 spiro atoms. The van der Waals surface area contributed by atoms with E-state index < -0.39 is 5.52 Å². The fourth-order valence-corrected chi connectivity index (χ4v) is 0.796. The largest absolute Gasteiger partial charge is 0.504 e. The van der Waals surface area contributed by atoms with Crippen molar-refractivity contribution in [2.45, 2.75) is 0 Å². The van der Waals surface area contributed by atoms with Gasteiger partial charge in [0.2, 0.25) is 0 Å². The smallest absolute Gasteiger partial charge is 0.194 e. The molecule has 0 aromatic heterocycles. The Hall–Kier alpha value is -0.790. The maximum absolute atomic E-state index is 10.6. The maximum Gasteiger partial charge on any atom is 0.194 e. The third-order valence-electron chi connectivity index (χ3n) is 1.22. The average molecular weight is 205 g/mol. The van der Waals surface area contributed by atoms with Crippen LogP contribution >= 0.6 is 21.6 Å². The zero-order chi connectivity index (χ0) is 8.43. The number of hydrogen-bond acceptors (Lipinski definition) is 3. The minimum Gasteiger partial charge on any atom is -0.504 e. The highest BCUT2D eigenvalue weighted by Gasteiger charge is 2.03. The number of carbonyl (C=O) groups is 1. The van der Waals surface area contributed by atoms with Gasteiger partial charge in [0.1, 0.15) is 0 Å². The van der Waals surface area contributed by atoms with Crippen molar-refractivity contribution in [1.82, 2.24) is 0 Å². The topological polar surface area (TPSA) is 57.5 Å². The molecule has 2 N–H and O–H groups in total. The van der Waals surface area contributed by atoms with E-state index in [0.29, 0.717) is 0 Å². The highest BCUT2D eigenvalue weighted by atomic mass is 35.5. The molecule has 3 nitrogen and oxygen atoms in total. The Labute approximate surface area is 78.0 Å². The standard InChI is InChI=1S/C7H5O3P.ClH/c8-5-2-1-4(7(10)11)3-6(5)9;/h1-3,8-9H;1H. The van der Waals surface area contributed by atoms with E-state index >= 15 is 0 Å².